The second-order valence-corrected chi connectivity index (χ2v) is 9.55. The van der Waals surface area contributed by atoms with Crippen LogP contribution in [0.2, 0.25) is 0 Å². The number of hydrogen-bond donors (Lipinski definition) is 0. The van der Waals surface area contributed by atoms with E-state index in [0.717, 1.165) is 47.7 Å². The number of morpholine rings is 2. The molecule has 0 aliphatic carbocycles. The van der Waals surface area contributed by atoms with Crippen molar-refractivity contribution >= 4 is 68.5 Å². The minimum absolute atomic E-state index is 0.647. The number of fused-ring (bicyclic) bond motifs is 2. The minimum Gasteiger partial charge on any atom is -0.379 e. The summed E-state index contributed by atoms with van der Waals surface area (Å²) >= 11 is 0. The summed E-state index contributed by atoms with van der Waals surface area (Å²) in [6.07, 6.45) is 6.27. The van der Waals surface area contributed by atoms with Crippen LogP contribution in [0.4, 0.5) is 0 Å². The van der Waals surface area contributed by atoms with Crippen LogP contribution in [0, 0.1) is 0 Å². The standard InChI is InChI=1S/C18H20N10O2S2/c1-5-29-6-2-27(1)17-13(19-9-23-17)15(21-11-25-17)31-32-16-14-18(24-10-20-14,26-12-22-16)28-3-7-30-8-4-28/h9-12H,1-8H2. The van der Waals surface area contributed by atoms with Crippen molar-refractivity contribution in [2.75, 3.05) is 52.6 Å². The average Bonchev–Trinajstić information content (AvgIpc) is 3.50. The van der Waals surface area contributed by atoms with Gasteiger partial charge in [-0.1, -0.05) is 0 Å². The van der Waals surface area contributed by atoms with Crippen LogP contribution in [0.25, 0.3) is 0 Å². The Morgan fingerprint density at radius 3 is 1.38 bits per heavy atom. The maximum atomic E-state index is 5.50. The zero-order valence-electron chi connectivity index (χ0n) is 17.1. The predicted molar refractivity (Wildman–Crippen MR) is 129 cm³/mol. The molecule has 6 heterocycles. The van der Waals surface area contributed by atoms with Crippen LogP contribution >= 0.6 is 21.6 Å². The van der Waals surface area contributed by atoms with E-state index in [2.05, 4.69) is 49.7 Å². The highest BCUT2D eigenvalue weighted by Gasteiger charge is 2.50. The van der Waals surface area contributed by atoms with E-state index in [0.29, 0.717) is 26.4 Å². The molecule has 0 bridgehead atoms. The van der Waals surface area contributed by atoms with E-state index < -0.39 is 11.6 Å². The van der Waals surface area contributed by atoms with Crippen LogP contribution in [0.15, 0.2) is 39.9 Å². The molecule has 0 amide bonds. The highest BCUT2D eigenvalue weighted by molar-refractivity contribution is 8.88. The summed E-state index contributed by atoms with van der Waals surface area (Å²) in [6, 6.07) is 0. The highest BCUT2D eigenvalue weighted by atomic mass is 33.1. The Labute approximate surface area is 191 Å². The molecule has 0 N–H and O–H groups in total. The van der Waals surface area contributed by atoms with Gasteiger partial charge in [-0.2, -0.15) is 0 Å². The van der Waals surface area contributed by atoms with Crippen molar-refractivity contribution in [2.24, 2.45) is 39.9 Å². The fraction of sp³-hybridized carbons (Fsp3) is 0.556. The lowest BCUT2D eigenvalue weighted by atomic mass is 10.1. The molecule has 6 rings (SSSR count). The van der Waals surface area contributed by atoms with Gasteiger partial charge >= 0.3 is 0 Å². The first-order valence-corrected chi connectivity index (χ1v) is 12.4. The molecule has 14 heteroatoms. The summed E-state index contributed by atoms with van der Waals surface area (Å²) < 4.78 is 11.0. The molecule has 2 saturated heterocycles. The van der Waals surface area contributed by atoms with Crippen molar-refractivity contribution in [2.45, 2.75) is 11.6 Å². The van der Waals surface area contributed by atoms with E-state index in [1.807, 2.05) is 0 Å². The normalized spacial score (nSPS) is 34.1. The fourth-order valence-corrected chi connectivity index (χ4v) is 6.32. The number of ether oxygens (including phenoxy) is 2. The molecular formula is C18H20N10O2S2. The van der Waals surface area contributed by atoms with Crippen molar-refractivity contribution < 1.29 is 9.47 Å². The molecule has 166 valence electrons. The topological polar surface area (TPSA) is 124 Å². The Kier molecular flexibility index (Phi) is 5.35. The van der Waals surface area contributed by atoms with Gasteiger partial charge in [0.1, 0.15) is 46.9 Å². The third-order valence-electron chi connectivity index (χ3n) is 5.82. The Bertz CT molecular complexity index is 956. The van der Waals surface area contributed by atoms with Crippen LogP contribution in [0.1, 0.15) is 0 Å². The van der Waals surface area contributed by atoms with E-state index >= 15 is 0 Å². The van der Waals surface area contributed by atoms with Gasteiger partial charge < -0.3 is 9.47 Å². The molecule has 12 nitrogen and oxygen atoms in total. The van der Waals surface area contributed by atoms with Crippen LogP contribution in [-0.4, -0.2) is 121 Å². The fourth-order valence-electron chi connectivity index (χ4n) is 4.24. The van der Waals surface area contributed by atoms with Crippen LogP contribution < -0.4 is 0 Å². The van der Waals surface area contributed by atoms with E-state index in [1.54, 1.807) is 25.4 Å². The molecule has 32 heavy (non-hydrogen) atoms. The van der Waals surface area contributed by atoms with Crippen molar-refractivity contribution in [3.63, 3.8) is 0 Å². The monoisotopic (exact) mass is 472 g/mol. The van der Waals surface area contributed by atoms with Gasteiger partial charge in [0.15, 0.2) is 0 Å². The molecule has 0 aromatic heterocycles. The van der Waals surface area contributed by atoms with E-state index in [9.17, 15) is 0 Å². The lowest BCUT2D eigenvalue weighted by Gasteiger charge is -2.39. The molecule has 6 aliphatic rings. The molecule has 2 unspecified atom stereocenters. The highest BCUT2D eigenvalue weighted by Crippen LogP contribution is 2.38. The summed E-state index contributed by atoms with van der Waals surface area (Å²) in [6.45, 7) is 5.52. The zero-order valence-corrected chi connectivity index (χ0v) is 18.7. The summed E-state index contributed by atoms with van der Waals surface area (Å²) in [7, 11) is 2.94. The van der Waals surface area contributed by atoms with E-state index in [-0.39, 0.29) is 0 Å². The molecule has 0 spiro atoms. The molecule has 0 saturated carbocycles. The second kappa shape index (κ2) is 8.35. The van der Waals surface area contributed by atoms with Crippen LogP contribution in [0.3, 0.4) is 0 Å². The van der Waals surface area contributed by atoms with Crippen molar-refractivity contribution in [1.29, 1.82) is 0 Å². The van der Waals surface area contributed by atoms with E-state index in [4.69, 9.17) is 9.47 Å². The Morgan fingerprint density at radius 2 is 0.969 bits per heavy atom. The minimum atomic E-state index is -0.851. The quantitative estimate of drug-likeness (QED) is 0.529. The van der Waals surface area contributed by atoms with E-state index in [1.165, 1.54) is 21.6 Å². The number of hydrogen-bond acceptors (Lipinski definition) is 14. The first-order chi connectivity index (χ1) is 15.8. The zero-order chi connectivity index (χ0) is 21.4. The molecule has 6 aliphatic heterocycles. The van der Waals surface area contributed by atoms with Crippen LogP contribution in [0.5, 0.6) is 0 Å². The van der Waals surface area contributed by atoms with Gasteiger partial charge in [-0.25, -0.2) is 39.9 Å². The third kappa shape index (κ3) is 3.24. The number of rotatable bonds is 2. The van der Waals surface area contributed by atoms with Gasteiger partial charge in [0.05, 0.1) is 26.4 Å². The average molecular weight is 473 g/mol. The summed E-state index contributed by atoms with van der Waals surface area (Å²) in [5.74, 6) is -1.70. The van der Waals surface area contributed by atoms with Crippen molar-refractivity contribution in [1.82, 2.24) is 9.80 Å². The maximum absolute atomic E-state index is 5.50. The Morgan fingerprint density at radius 1 is 0.594 bits per heavy atom. The Balaban J connectivity index is 1.20. The summed E-state index contributed by atoms with van der Waals surface area (Å²) in [5.41, 5.74) is 1.46. The largest absolute Gasteiger partial charge is 0.379 e. The third-order valence-corrected chi connectivity index (χ3v) is 8.01. The van der Waals surface area contributed by atoms with Crippen molar-refractivity contribution in [3.8, 4) is 0 Å². The van der Waals surface area contributed by atoms with Gasteiger partial charge in [-0.05, 0) is 21.6 Å². The lowest BCUT2D eigenvalue weighted by Crippen LogP contribution is -2.57. The first-order valence-electron chi connectivity index (χ1n) is 10.3. The smallest absolute Gasteiger partial charge is 0.257 e. The van der Waals surface area contributed by atoms with Gasteiger partial charge in [-0.3, -0.25) is 9.80 Å². The SMILES string of the molecule is C1=NC2(N3CCOCC3)N=CN=C2C(SSC2=NC=NC3(N4CCOCC4)N=CN=C23)=N1. The summed E-state index contributed by atoms with van der Waals surface area (Å²) in [4.78, 5) is 40.8. The number of nitrogens with zero attached hydrogens (tertiary/aromatic N) is 10. The molecule has 2 atom stereocenters. The first kappa shape index (κ1) is 20.5. The molecule has 2 fully saturated rings. The maximum Gasteiger partial charge on any atom is 0.257 e. The van der Waals surface area contributed by atoms with Gasteiger partial charge in [0, 0.05) is 26.2 Å². The van der Waals surface area contributed by atoms with Gasteiger partial charge in [0.25, 0.3) is 11.6 Å². The molecule has 0 radical (unpaired) electrons. The molecule has 0 aromatic rings. The Hall–Kier alpha value is -2.10. The van der Waals surface area contributed by atoms with Gasteiger partial charge in [0.2, 0.25) is 0 Å². The van der Waals surface area contributed by atoms with Crippen LogP contribution in [-0.2, 0) is 9.47 Å². The van der Waals surface area contributed by atoms with Gasteiger partial charge in [-0.15, -0.1) is 0 Å². The molecular weight excluding hydrogens is 452 g/mol. The number of aliphatic imine (C=N–C) groups is 8. The van der Waals surface area contributed by atoms with Crippen molar-refractivity contribution in [3.05, 3.63) is 0 Å². The predicted octanol–water partition coefficient (Wildman–Crippen LogP) is 0.186. The molecule has 0 aromatic carbocycles. The summed E-state index contributed by atoms with van der Waals surface area (Å²) in [5, 5.41) is 1.49. The lowest BCUT2D eigenvalue weighted by molar-refractivity contribution is 0.00645. The second-order valence-electron chi connectivity index (χ2n) is 7.44.